The molecule has 4 aromatic rings. The van der Waals surface area contributed by atoms with Gasteiger partial charge in [0, 0.05) is 24.6 Å². The number of carbonyl (C=O) groups is 2. The third-order valence-corrected chi connectivity index (χ3v) is 6.30. The highest BCUT2D eigenvalue weighted by Crippen LogP contribution is 2.47. The molecule has 206 valence electrons. The van der Waals surface area contributed by atoms with Gasteiger partial charge in [-0.05, 0) is 61.4 Å². The van der Waals surface area contributed by atoms with Gasteiger partial charge in [0.05, 0.1) is 13.7 Å². The van der Waals surface area contributed by atoms with Gasteiger partial charge in [-0.2, -0.15) is 4.98 Å². The second-order valence-corrected chi connectivity index (χ2v) is 9.01. The maximum atomic E-state index is 13.1. The first kappa shape index (κ1) is 26.8. The summed E-state index contributed by atoms with van der Waals surface area (Å²) in [4.78, 5) is 38.7. The number of methoxy groups -OCH3 is 2. The Bertz CT molecular complexity index is 1530. The molecule has 2 aromatic heterocycles. The monoisotopic (exact) mass is 547 g/mol. The highest BCUT2D eigenvalue weighted by Gasteiger charge is 2.56. The van der Waals surface area contributed by atoms with Gasteiger partial charge >= 0.3 is 0 Å². The van der Waals surface area contributed by atoms with Crippen molar-refractivity contribution >= 4 is 34.2 Å². The molecule has 2 amide bonds. The lowest BCUT2D eigenvalue weighted by atomic mass is 10.0. The van der Waals surface area contributed by atoms with Crippen molar-refractivity contribution in [2.45, 2.75) is 12.8 Å². The molecule has 5 rings (SSSR count). The molecule has 0 atom stereocenters. The fourth-order valence-corrected chi connectivity index (χ4v) is 3.92. The third-order valence-electron chi connectivity index (χ3n) is 6.30. The smallest absolute Gasteiger partial charge is 0.257 e. The summed E-state index contributed by atoms with van der Waals surface area (Å²) >= 11 is 0. The van der Waals surface area contributed by atoms with E-state index >= 15 is 0 Å². The van der Waals surface area contributed by atoms with E-state index in [-0.39, 0.29) is 11.8 Å². The van der Waals surface area contributed by atoms with Crippen LogP contribution in [0.2, 0.25) is 0 Å². The van der Waals surface area contributed by atoms with Gasteiger partial charge in [-0.15, -0.1) is 0 Å². The van der Waals surface area contributed by atoms with Crippen LogP contribution in [-0.2, 0) is 14.3 Å². The number of pyridine rings is 1. The molecule has 0 bridgehead atoms. The average molecular weight is 548 g/mol. The molecule has 40 heavy (non-hydrogen) atoms. The molecular weight excluding hydrogens is 521 g/mol. The summed E-state index contributed by atoms with van der Waals surface area (Å²) in [6.07, 6.45) is 2.19. The summed E-state index contributed by atoms with van der Waals surface area (Å²) in [5.41, 5.74) is 0.615. The highest BCUT2D eigenvalue weighted by molar-refractivity contribution is 6.16. The maximum Gasteiger partial charge on any atom is 0.257 e. The summed E-state index contributed by atoms with van der Waals surface area (Å²) in [6, 6.07) is 13.7. The van der Waals surface area contributed by atoms with Crippen molar-refractivity contribution in [1.29, 1.82) is 0 Å². The summed E-state index contributed by atoms with van der Waals surface area (Å²) < 4.78 is 35.1. The predicted octanol–water partition coefficient (Wildman–Crippen LogP) is 4.35. The van der Waals surface area contributed by atoms with Crippen molar-refractivity contribution in [2.24, 2.45) is 5.41 Å². The van der Waals surface area contributed by atoms with Crippen LogP contribution in [0.15, 0.2) is 60.9 Å². The fourth-order valence-electron chi connectivity index (χ4n) is 3.92. The van der Waals surface area contributed by atoms with Crippen molar-refractivity contribution < 1.29 is 32.9 Å². The first-order valence-corrected chi connectivity index (χ1v) is 12.4. The SMILES string of the molecule is COCCOc1cc2ncnc(Oc3ccc(NC(=O)C4(C(=O)Nc5ccc(F)cc5)CC4)cc3)c2nc1OC. The zero-order chi connectivity index (χ0) is 28.1. The van der Waals surface area contributed by atoms with Crippen LogP contribution in [0.3, 0.4) is 0 Å². The minimum Gasteiger partial charge on any atom is -0.485 e. The molecule has 1 aliphatic carbocycles. The van der Waals surface area contributed by atoms with E-state index in [1.54, 1.807) is 37.4 Å². The van der Waals surface area contributed by atoms with E-state index in [4.69, 9.17) is 18.9 Å². The number of amides is 2. The van der Waals surface area contributed by atoms with E-state index in [9.17, 15) is 14.0 Å². The third kappa shape index (κ3) is 5.76. The lowest BCUT2D eigenvalue weighted by Crippen LogP contribution is -2.35. The van der Waals surface area contributed by atoms with E-state index in [0.717, 1.165) is 0 Å². The van der Waals surface area contributed by atoms with E-state index < -0.39 is 23.0 Å². The molecule has 0 spiro atoms. The van der Waals surface area contributed by atoms with Crippen LogP contribution >= 0.6 is 0 Å². The Morgan fingerprint density at radius 3 is 2.15 bits per heavy atom. The standard InChI is InChI=1S/C28H26FN5O6/c1-37-13-14-39-22-15-21-23(34-24(22)38-2)25(31-16-30-21)40-20-9-7-19(8-10-20)33-27(36)28(11-12-28)26(35)32-18-5-3-17(29)4-6-18/h3-10,15-16H,11-14H2,1-2H3,(H,32,35)(H,33,36). The fraction of sp³-hybridized carbons (Fsp3) is 0.250. The van der Waals surface area contributed by atoms with Gasteiger partial charge in [-0.3, -0.25) is 9.59 Å². The van der Waals surface area contributed by atoms with Crippen LogP contribution in [0.25, 0.3) is 11.0 Å². The minimum absolute atomic E-state index is 0.206. The number of anilines is 2. The van der Waals surface area contributed by atoms with Crippen LogP contribution in [-0.4, -0.2) is 54.2 Å². The average Bonchev–Trinajstić information content (AvgIpc) is 3.78. The Morgan fingerprint density at radius 1 is 0.900 bits per heavy atom. The van der Waals surface area contributed by atoms with E-state index in [1.165, 1.54) is 37.7 Å². The molecule has 1 aliphatic rings. The largest absolute Gasteiger partial charge is 0.485 e. The predicted molar refractivity (Wildman–Crippen MR) is 143 cm³/mol. The number of fused-ring (bicyclic) bond motifs is 1. The first-order chi connectivity index (χ1) is 19.4. The van der Waals surface area contributed by atoms with E-state index in [0.29, 0.717) is 60.0 Å². The molecule has 2 heterocycles. The Morgan fingerprint density at radius 2 is 1.55 bits per heavy atom. The van der Waals surface area contributed by atoms with Crippen LogP contribution in [0.1, 0.15) is 12.8 Å². The lowest BCUT2D eigenvalue weighted by molar-refractivity contribution is -0.131. The van der Waals surface area contributed by atoms with Gasteiger partial charge in [-0.25, -0.2) is 14.4 Å². The summed E-state index contributed by atoms with van der Waals surface area (Å²) in [7, 11) is 3.06. The number of hydrogen-bond acceptors (Lipinski definition) is 9. The molecule has 0 radical (unpaired) electrons. The zero-order valence-corrected chi connectivity index (χ0v) is 21.8. The molecule has 12 heteroatoms. The normalized spacial score (nSPS) is 13.4. The second-order valence-electron chi connectivity index (χ2n) is 9.01. The number of ether oxygens (including phenoxy) is 4. The molecule has 1 fully saturated rings. The molecule has 0 saturated heterocycles. The Labute approximate surface area is 228 Å². The second kappa shape index (κ2) is 11.5. The molecular formula is C28H26FN5O6. The molecule has 11 nitrogen and oxygen atoms in total. The van der Waals surface area contributed by atoms with Crippen LogP contribution in [0.5, 0.6) is 23.3 Å². The van der Waals surface area contributed by atoms with Crippen molar-refractivity contribution in [3.8, 4) is 23.3 Å². The summed E-state index contributed by atoms with van der Waals surface area (Å²) in [5.74, 6) is 0.0538. The Hall–Kier alpha value is -4.84. The Balaban J connectivity index is 1.26. The van der Waals surface area contributed by atoms with Crippen molar-refractivity contribution in [1.82, 2.24) is 15.0 Å². The quantitative estimate of drug-likeness (QED) is 0.208. The van der Waals surface area contributed by atoms with Gasteiger partial charge in [-0.1, -0.05) is 0 Å². The van der Waals surface area contributed by atoms with Gasteiger partial charge in [0.2, 0.25) is 17.7 Å². The molecule has 0 aliphatic heterocycles. The number of benzene rings is 2. The zero-order valence-electron chi connectivity index (χ0n) is 21.8. The number of rotatable bonds is 11. The first-order valence-electron chi connectivity index (χ1n) is 12.4. The van der Waals surface area contributed by atoms with Crippen LogP contribution in [0, 0.1) is 11.2 Å². The summed E-state index contributed by atoms with van der Waals surface area (Å²) in [5, 5.41) is 5.48. The molecule has 0 unspecified atom stereocenters. The molecule has 2 N–H and O–H groups in total. The summed E-state index contributed by atoms with van der Waals surface area (Å²) in [6.45, 7) is 0.720. The van der Waals surface area contributed by atoms with E-state index in [1.807, 2.05) is 0 Å². The number of hydrogen-bond donors (Lipinski definition) is 2. The van der Waals surface area contributed by atoms with Gasteiger partial charge in [0.25, 0.3) is 5.88 Å². The number of nitrogens with zero attached hydrogens (tertiary/aromatic N) is 3. The van der Waals surface area contributed by atoms with Gasteiger partial charge in [0.1, 0.15) is 35.4 Å². The topological polar surface area (TPSA) is 134 Å². The number of nitrogens with one attached hydrogen (secondary N) is 2. The highest BCUT2D eigenvalue weighted by atomic mass is 19.1. The number of aromatic nitrogens is 3. The molecule has 2 aromatic carbocycles. The van der Waals surface area contributed by atoms with Crippen LogP contribution in [0.4, 0.5) is 15.8 Å². The lowest BCUT2D eigenvalue weighted by Gasteiger charge is -2.16. The maximum absolute atomic E-state index is 13.1. The van der Waals surface area contributed by atoms with Gasteiger partial charge < -0.3 is 29.6 Å². The number of halogens is 1. The number of carbonyl (C=O) groups excluding carboxylic acids is 2. The van der Waals surface area contributed by atoms with E-state index in [2.05, 4.69) is 25.6 Å². The van der Waals surface area contributed by atoms with Crippen molar-refractivity contribution in [2.75, 3.05) is 38.1 Å². The molecule has 1 saturated carbocycles. The van der Waals surface area contributed by atoms with Crippen LogP contribution < -0.4 is 24.8 Å². The van der Waals surface area contributed by atoms with Crippen molar-refractivity contribution in [3.63, 3.8) is 0 Å². The van der Waals surface area contributed by atoms with Gasteiger partial charge in [0.15, 0.2) is 11.3 Å². The minimum atomic E-state index is -1.17. The Kier molecular flexibility index (Phi) is 7.69. The van der Waals surface area contributed by atoms with Crippen molar-refractivity contribution in [3.05, 3.63) is 66.7 Å².